The van der Waals surface area contributed by atoms with Crippen LogP contribution in [0.3, 0.4) is 0 Å². The van der Waals surface area contributed by atoms with Gasteiger partial charge >= 0.3 is 0 Å². The molecule has 0 spiro atoms. The third-order valence-corrected chi connectivity index (χ3v) is 6.15. The van der Waals surface area contributed by atoms with E-state index in [2.05, 4.69) is 20.7 Å². The summed E-state index contributed by atoms with van der Waals surface area (Å²) in [5.41, 5.74) is 5.67. The van der Waals surface area contributed by atoms with E-state index in [-0.39, 0.29) is 16.9 Å². The minimum atomic E-state index is -3.55. The fraction of sp³-hybridized carbons (Fsp3) is 0.500. The summed E-state index contributed by atoms with van der Waals surface area (Å²) in [6.45, 7) is 0.509. The van der Waals surface area contributed by atoms with Gasteiger partial charge in [0.25, 0.3) is 0 Å². The second-order valence-corrected chi connectivity index (χ2v) is 7.70. The topological polar surface area (TPSA) is 72.2 Å². The first-order valence-electron chi connectivity index (χ1n) is 6.11. The first-order valence-corrected chi connectivity index (χ1v) is 8.77. The molecule has 0 aromatic heterocycles. The van der Waals surface area contributed by atoms with E-state index >= 15 is 0 Å². The maximum Gasteiger partial charge on any atom is 0.241 e. The van der Waals surface area contributed by atoms with Crippen molar-refractivity contribution in [1.82, 2.24) is 4.72 Å². The number of nitrogens with two attached hydrogens (primary N) is 1. The fourth-order valence-electron chi connectivity index (χ4n) is 2.43. The van der Waals surface area contributed by atoms with Crippen molar-refractivity contribution in [1.29, 1.82) is 0 Å². The van der Waals surface area contributed by atoms with Crippen LogP contribution in [0, 0.1) is 5.92 Å². The molecule has 0 aliphatic heterocycles. The molecule has 1 fully saturated rings. The third kappa shape index (κ3) is 3.49. The molecule has 1 aromatic carbocycles. The number of nitrogens with one attached hydrogen (secondary N) is 1. The SMILES string of the molecule is NCC1CCCC1NS(=O)(=O)c1ccc(Cl)cc1Br. The Labute approximate surface area is 126 Å². The lowest BCUT2D eigenvalue weighted by Crippen LogP contribution is -2.39. The number of halogens is 2. The van der Waals surface area contributed by atoms with Crippen LogP contribution < -0.4 is 10.5 Å². The number of benzene rings is 1. The summed E-state index contributed by atoms with van der Waals surface area (Å²) in [6, 6.07) is 4.57. The summed E-state index contributed by atoms with van der Waals surface area (Å²) in [4.78, 5) is 0.208. The highest BCUT2D eigenvalue weighted by atomic mass is 79.9. The predicted molar refractivity (Wildman–Crippen MR) is 79.7 cm³/mol. The molecule has 0 amide bonds. The second-order valence-electron chi connectivity index (χ2n) is 4.73. The average molecular weight is 368 g/mol. The number of hydrogen-bond donors (Lipinski definition) is 2. The van der Waals surface area contributed by atoms with Gasteiger partial charge in [-0.1, -0.05) is 18.0 Å². The van der Waals surface area contributed by atoms with Crippen LogP contribution in [0.4, 0.5) is 0 Å². The maximum absolute atomic E-state index is 12.4. The quantitative estimate of drug-likeness (QED) is 0.859. The molecule has 4 nitrogen and oxygen atoms in total. The summed E-state index contributed by atoms with van der Waals surface area (Å²) in [5, 5.41) is 0.492. The van der Waals surface area contributed by atoms with Crippen LogP contribution in [0.5, 0.6) is 0 Å². The van der Waals surface area contributed by atoms with E-state index in [0.717, 1.165) is 19.3 Å². The number of sulfonamides is 1. The standard InChI is InChI=1S/C12H16BrClN2O2S/c13-10-6-9(14)4-5-12(10)19(17,18)16-11-3-1-2-8(11)7-15/h4-6,8,11,16H,1-3,7,15H2. The second kappa shape index (κ2) is 6.10. The van der Waals surface area contributed by atoms with Crippen molar-refractivity contribution in [3.63, 3.8) is 0 Å². The molecule has 0 saturated heterocycles. The van der Waals surface area contributed by atoms with Crippen molar-refractivity contribution in [2.24, 2.45) is 11.7 Å². The summed E-state index contributed by atoms with van der Waals surface area (Å²) in [5.74, 6) is 0.223. The van der Waals surface area contributed by atoms with Gasteiger partial charge in [-0.25, -0.2) is 13.1 Å². The molecule has 19 heavy (non-hydrogen) atoms. The Morgan fingerprint density at radius 3 is 2.79 bits per heavy atom. The highest BCUT2D eigenvalue weighted by Gasteiger charge is 2.31. The number of hydrogen-bond acceptors (Lipinski definition) is 3. The van der Waals surface area contributed by atoms with Crippen molar-refractivity contribution in [2.45, 2.75) is 30.2 Å². The van der Waals surface area contributed by atoms with Gasteiger partial charge < -0.3 is 5.73 Å². The summed E-state index contributed by atoms with van der Waals surface area (Å²) in [6.07, 6.45) is 2.83. The van der Waals surface area contributed by atoms with Crippen LogP contribution in [-0.2, 0) is 10.0 Å². The van der Waals surface area contributed by atoms with E-state index in [4.69, 9.17) is 17.3 Å². The van der Waals surface area contributed by atoms with Gasteiger partial charge in [-0.15, -0.1) is 0 Å². The Morgan fingerprint density at radius 2 is 2.16 bits per heavy atom. The van der Waals surface area contributed by atoms with Crippen molar-refractivity contribution in [2.75, 3.05) is 6.54 Å². The van der Waals surface area contributed by atoms with Gasteiger partial charge in [0.15, 0.2) is 0 Å². The Morgan fingerprint density at radius 1 is 1.42 bits per heavy atom. The van der Waals surface area contributed by atoms with E-state index < -0.39 is 10.0 Å². The molecule has 0 bridgehead atoms. The summed E-state index contributed by atoms with van der Waals surface area (Å²) in [7, 11) is -3.55. The molecule has 1 aliphatic rings. The van der Waals surface area contributed by atoms with Crippen LogP contribution in [0.2, 0.25) is 5.02 Å². The molecule has 2 rings (SSSR count). The Balaban J connectivity index is 2.23. The van der Waals surface area contributed by atoms with Crippen LogP contribution >= 0.6 is 27.5 Å². The Hall–Kier alpha value is -0.140. The van der Waals surface area contributed by atoms with Crippen LogP contribution in [0.15, 0.2) is 27.6 Å². The van der Waals surface area contributed by atoms with Gasteiger partial charge in [-0.3, -0.25) is 0 Å². The zero-order valence-electron chi connectivity index (χ0n) is 10.3. The first-order chi connectivity index (χ1) is 8.94. The molecule has 2 unspecified atom stereocenters. The monoisotopic (exact) mass is 366 g/mol. The molecule has 1 saturated carbocycles. The van der Waals surface area contributed by atoms with Gasteiger partial charge in [0.05, 0.1) is 4.90 Å². The van der Waals surface area contributed by atoms with Crippen molar-refractivity contribution in [3.05, 3.63) is 27.7 Å². The molecular weight excluding hydrogens is 352 g/mol. The van der Waals surface area contributed by atoms with E-state index in [0.29, 0.717) is 16.0 Å². The molecule has 7 heteroatoms. The summed E-state index contributed by atoms with van der Waals surface area (Å²) < 4.78 is 27.9. The number of rotatable bonds is 4. The van der Waals surface area contributed by atoms with Crippen LogP contribution in [0.25, 0.3) is 0 Å². The molecular formula is C12H16BrClN2O2S. The molecule has 2 atom stereocenters. The zero-order valence-corrected chi connectivity index (χ0v) is 13.4. The molecule has 106 valence electrons. The third-order valence-electron chi connectivity index (χ3n) is 3.45. The molecule has 0 radical (unpaired) electrons. The van der Waals surface area contributed by atoms with E-state index in [1.165, 1.54) is 6.07 Å². The molecule has 0 heterocycles. The highest BCUT2D eigenvalue weighted by molar-refractivity contribution is 9.10. The largest absolute Gasteiger partial charge is 0.330 e. The highest BCUT2D eigenvalue weighted by Crippen LogP contribution is 2.29. The normalized spacial score (nSPS) is 23.7. The van der Waals surface area contributed by atoms with Crippen LogP contribution in [0.1, 0.15) is 19.3 Å². The smallest absolute Gasteiger partial charge is 0.241 e. The maximum atomic E-state index is 12.4. The van der Waals surface area contributed by atoms with Crippen molar-refractivity contribution in [3.8, 4) is 0 Å². The minimum Gasteiger partial charge on any atom is -0.330 e. The van der Waals surface area contributed by atoms with Gasteiger partial charge in [0.2, 0.25) is 10.0 Å². The van der Waals surface area contributed by atoms with Crippen molar-refractivity contribution < 1.29 is 8.42 Å². The average Bonchev–Trinajstić information content (AvgIpc) is 2.74. The van der Waals surface area contributed by atoms with E-state index in [1.807, 2.05) is 0 Å². The van der Waals surface area contributed by atoms with Gasteiger partial charge in [-0.05, 0) is 59.4 Å². The van der Waals surface area contributed by atoms with Gasteiger partial charge in [0, 0.05) is 15.5 Å². The van der Waals surface area contributed by atoms with Gasteiger partial charge in [-0.2, -0.15) is 0 Å². The lowest BCUT2D eigenvalue weighted by molar-refractivity contribution is 0.453. The van der Waals surface area contributed by atoms with Gasteiger partial charge in [0.1, 0.15) is 0 Å². The molecule has 3 N–H and O–H groups in total. The minimum absolute atomic E-state index is 0.0717. The van der Waals surface area contributed by atoms with Crippen molar-refractivity contribution >= 4 is 37.6 Å². The first kappa shape index (κ1) is 15.3. The Bertz CT molecular complexity index is 565. The van der Waals surface area contributed by atoms with E-state index in [9.17, 15) is 8.42 Å². The lowest BCUT2D eigenvalue weighted by atomic mass is 10.1. The lowest BCUT2D eigenvalue weighted by Gasteiger charge is -2.19. The van der Waals surface area contributed by atoms with E-state index in [1.54, 1.807) is 12.1 Å². The fourth-order valence-corrected chi connectivity index (χ4v) is 5.15. The Kier molecular flexibility index (Phi) is 4.89. The zero-order chi connectivity index (χ0) is 14.0. The molecule has 1 aromatic rings. The van der Waals surface area contributed by atoms with Crippen LogP contribution in [-0.4, -0.2) is 21.0 Å². The summed E-state index contributed by atoms with van der Waals surface area (Å²) >= 11 is 9.06. The molecule has 1 aliphatic carbocycles. The predicted octanol–water partition coefficient (Wildman–Crippen LogP) is 2.51.